The van der Waals surface area contributed by atoms with Gasteiger partial charge in [-0.3, -0.25) is 24.2 Å². The van der Waals surface area contributed by atoms with Crippen LogP contribution in [0.25, 0.3) is 21.9 Å². The highest BCUT2D eigenvalue weighted by Gasteiger charge is 2.12. The van der Waals surface area contributed by atoms with Crippen LogP contribution in [0.3, 0.4) is 0 Å². The highest BCUT2D eigenvalue weighted by Crippen LogP contribution is 2.29. The zero-order valence-electron chi connectivity index (χ0n) is 23.7. The summed E-state index contributed by atoms with van der Waals surface area (Å²) < 4.78 is 5.81. The smallest absolute Gasteiger partial charge is 0.325 e. The molecule has 0 fully saturated rings. The highest BCUT2D eigenvalue weighted by atomic mass is 16.5. The van der Waals surface area contributed by atoms with Crippen LogP contribution < -0.4 is 10.9 Å². The number of nitrogens with one attached hydrogen (secondary N) is 1. The van der Waals surface area contributed by atoms with Crippen molar-refractivity contribution in [3.05, 3.63) is 94.7 Å². The average molecular weight is 570 g/mol. The van der Waals surface area contributed by atoms with Gasteiger partial charge in [0.25, 0.3) is 11.5 Å². The molecule has 0 radical (unpaired) electrons. The number of aromatic nitrogens is 2. The van der Waals surface area contributed by atoms with E-state index in [1.807, 2.05) is 18.3 Å². The van der Waals surface area contributed by atoms with Crippen molar-refractivity contribution >= 4 is 34.3 Å². The topological polar surface area (TPSA) is 128 Å². The number of benzene rings is 2. The number of hydrogen-bond acceptors (Lipinski definition) is 6. The molecular formula is C33H35N3O6. The molecule has 0 bridgehead atoms. The van der Waals surface area contributed by atoms with E-state index in [4.69, 9.17) is 5.11 Å². The fourth-order valence-electron chi connectivity index (χ4n) is 4.89. The number of aryl methyl sites for hydroxylation is 1. The Morgan fingerprint density at radius 2 is 1.71 bits per heavy atom. The number of fused-ring (bicyclic) bond motifs is 1. The van der Waals surface area contributed by atoms with Gasteiger partial charge in [-0.05, 0) is 60.0 Å². The Labute approximate surface area is 244 Å². The first-order chi connectivity index (χ1) is 20.3. The molecule has 0 aliphatic carbocycles. The van der Waals surface area contributed by atoms with Gasteiger partial charge in [-0.2, -0.15) is 0 Å². The third-order valence-corrected chi connectivity index (χ3v) is 7.13. The van der Waals surface area contributed by atoms with E-state index in [2.05, 4.69) is 33.2 Å². The Hall–Kier alpha value is -4.79. The molecule has 0 atom stereocenters. The third-order valence-electron chi connectivity index (χ3n) is 7.13. The lowest BCUT2D eigenvalue weighted by atomic mass is 9.96. The first kappa shape index (κ1) is 30.2. The number of anilines is 1. The predicted molar refractivity (Wildman–Crippen MR) is 162 cm³/mol. The van der Waals surface area contributed by atoms with Gasteiger partial charge in [0.1, 0.15) is 6.54 Å². The van der Waals surface area contributed by atoms with Crippen LogP contribution in [0.4, 0.5) is 5.69 Å². The van der Waals surface area contributed by atoms with Gasteiger partial charge >= 0.3 is 11.9 Å². The molecule has 9 nitrogen and oxygen atoms in total. The minimum absolute atomic E-state index is 0.249. The molecule has 0 aliphatic rings. The maximum absolute atomic E-state index is 13.1. The second-order valence-corrected chi connectivity index (χ2v) is 10.3. The highest BCUT2D eigenvalue weighted by molar-refractivity contribution is 6.05. The van der Waals surface area contributed by atoms with Crippen molar-refractivity contribution in [2.45, 2.75) is 57.9 Å². The number of esters is 1. The maximum Gasteiger partial charge on any atom is 0.325 e. The minimum Gasteiger partial charge on any atom is -0.481 e. The van der Waals surface area contributed by atoms with E-state index < -0.39 is 11.9 Å². The second kappa shape index (κ2) is 14.7. The number of unbranched alkanes of at least 4 members (excludes halogenated alkanes) is 5. The van der Waals surface area contributed by atoms with Gasteiger partial charge in [-0.25, -0.2) is 0 Å². The lowest BCUT2D eigenvalue weighted by Gasteiger charge is -2.11. The van der Waals surface area contributed by atoms with E-state index in [-0.39, 0.29) is 24.4 Å². The van der Waals surface area contributed by atoms with E-state index in [0.29, 0.717) is 11.3 Å². The molecule has 2 N–H and O–H groups in total. The molecule has 0 spiro atoms. The molecule has 2 aromatic carbocycles. The molecule has 42 heavy (non-hydrogen) atoms. The predicted octanol–water partition coefficient (Wildman–Crippen LogP) is 5.85. The molecule has 2 aromatic heterocycles. The van der Waals surface area contributed by atoms with E-state index in [1.165, 1.54) is 35.6 Å². The first-order valence-electron chi connectivity index (χ1n) is 14.1. The molecule has 4 aromatic rings. The molecule has 0 aliphatic heterocycles. The summed E-state index contributed by atoms with van der Waals surface area (Å²) in [5, 5.41) is 13.6. The summed E-state index contributed by atoms with van der Waals surface area (Å²) in [5.41, 5.74) is 3.46. The molecule has 0 saturated carbocycles. The van der Waals surface area contributed by atoms with Gasteiger partial charge in [0.15, 0.2) is 0 Å². The zero-order valence-corrected chi connectivity index (χ0v) is 23.7. The quantitative estimate of drug-likeness (QED) is 0.144. The van der Waals surface area contributed by atoms with Crippen LogP contribution in [-0.4, -0.2) is 39.6 Å². The number of methoxy groups -OCH3 is 1. The van der Waals surface area contributed by atoms with Crippen molar-refractivity contribution in [3.63, 3.8) is 0 Å². The van der Waals surface area contributed by atoms with E-state index in [9.17, 15) is 19.2 Å². The van der Waals surface area contributed by atoms with Gasteiger partial charge in [-0.1, -0.05) is 49.9 Å². The summed E-state index contributed by atoms with van der Waals surface area (Å²) >= 11 is 0. The van der Waals surface area contributed by atoms with Crippen molar-refractivity contribution in [1.82, 2.24) is 9.55 Å². The summed E-state index contributed by atoms with van der Waals surface area (Å²) in [6, 6.07) is 16.5. The van der Waals surface area contributed by atoms with Crippen molar-refractivity contribution in [2.24, 2.45) is 0 Å². The number of carbonyl (C=O) groups is 3. The van der Waals surface area contributed by atoms with Crippen LogP contribution in [0.2, 0.25) is 0 Å². The summed E-state index contributed by atoms with van der Waals surface area (Å²) in [6.45, 7) is -0.249. The van der Waals surface area contributed by atoms with Crippen LogP contribution in [0.15, 0.2) is 78.0 Å². The number of ether oxygens (including phenoxy) is 1. The number of aliphatic carboxylic acids is 1. The van der Waals surface area contributed by atoms with Crippen LogP contribution in [0.5, 0.6) is 0 Å². The number of carboxylic acid groups (broad SMARTS) is 1. The second-order valence-electron chi connectivity index (χ2n) is 10.3. The number of rotatable bonds is 14. The van der Waals surface area contributed by atoms with Gasteiger partial charge in [0.05, 0.1) is 12.8 Å². The third kappa shape index (κ3) is 8.36. The molecule has 4 rings (SSSR count). The molecule has 0 unspecified atom stereocenters. The van der Waals surface area contributed by atoms with Crippen LogP contribution in [-0.2, 0) is 27.3 Å². The summed E-state index contributed by atoms with van der Waals surface area (Å²) in [4.78, 5) is 51.8. The average Bonchev–Trinajstić information content (AvgIpc) is 2.99. The van der Waals surface area contributed by atoms with Gasteiger partial charge in [0, 0.05) is 47.6 Å². The Morgan fingerprint density at radius 3 is 2.50 bits per heavy atom. The number of carboxylic acids is 1. The van der Waals surface area contributed by atoms with E-state index in [1.54, 1.807) is 18.3 Å². The lowest BCUT2D eigenvalue weighted by Crippen LogP contribution is -2.24. The minimum atomic E-state index is -0.724. The summed E-state index contributed by atoms with van der Waals surface area (Å²) in [6.07, 6.45) is 12.4. The SMILES string of the molecule is COC(=O)Cn1cc(NC(=O)c2cccc(-c3cncc4cc(CCCCCCCCC(=O)O)ccc34)c2)ccc1=O. The van der Waals surface area contributed by atoms with Crippen molar-refractivity contribution in [2.75, 3.05) is 12.4 Å². The van der Waals surface area contributed by atoms with Crippen LogP contribution >= 0.6 is 0 Å². The first-order valence-corrected chi connectivity index (χ1v) is 14.1. The normalized spacial score (nSPS) is 10.9. The summed E-state index contributed by atoms with van der Waals surface area (Å²) in [7, 11) is 1.25. The Balaban J connectivity index is 1.41. The fourth-order valence-corrected chi connectivity index (χ4v) is 4.89. The van der Waals surface area contributed by atoms with Crippen LogP contribution in [0.1, 0.15) is 60.9 Å². The zero-order chi connectivity index (χ0) is 29.9. The standard InChI is InChI=1S/C33H35N3O6/c1-42-32(40)22-36-21-27(14-16-30(36)37)35-33(41)25-11-8-10-24(18-25)29-20-34-19-26-17-23(13-15-28(26)29)9-6-4-2-3-5-7-12-31(38)39/h8,10-11,13-21H,2-7,9,12,22H2,1H3,(H,35,41)(H,38,39). The number of pyridine rings is 2. The lowest BCUT2D eigenvalue weighted by molar-refractivity contribution is -0.141. The van der Waals surface area contributed by atoms with Crippen molar-refractivity contribution in [3.8, 4) is 11.1 Å². The van der Waals surface area contributed by atoms with Crippen LogP contribution in [0, 0.1) is 0 Å². The molecule has 1 amide bonds. The Bertz CT molecular complexity index is 1630. The monoisotopic (exact) mass is 569 g/mol. The molecule has 218 valence electrons. The van der Waals surface area contributed by atoms with E-state index >= 15 is 0 Å². The molecular weight excluding hydrogens is 534 g/mol. The molecule has 9 heteroatoms. The van der Waals surface area contributed by atoms with Gasteiger partial charge < -0.3 is 19.7 Å². The largest absolute Gasteiger partial charge is 0.481 e. The van der Waals surface area contributed by atoms with Gasteiger partial charge in [0.2, 0.25) is 0 Å². The molecule has 0 saturated heterocycles. The van der Waals surface area contributed by atoms with Crippen molar-refractivity contribution < 1.29 is 24.2 Å². The number of carbonyl (C=O) groups excluding carboxylic acids is 2. The summed E-state index contributed by atoms with van der Waals surface area (Å²) in [5.74, 6) is -1.64. The van der Waals surface area contributed by atoms with Crippen molar-refractivity contribution in [1.29, 1.82) is 0 Å². The Kier molecular flexibility index (Phi) is 10.6. The number of amides is 1. The molecule has 2 heterocycles. The van der Waals surface area contributed by atoms with Gasteiger partial charge in [-0.15, -0.1) is 0 Å². The number of hydrogen-bond donors (Lipinski definition) is 2. The Morgan fingerprint density at radius 1 is 0.929 bits per heavy atom. The van der Waals surface area contributed by atoms with E-state index in [0.717, 1.165) is 66.8 Å². The maximum atomic E-state index is 13.1. The fraction of sp³-hybridized carbons (Fsp3) is 0.303. The number of nitrogens with zero attached hydrogens (tertiary/aromatic N) is 2.